The van der Waals surface area contributed by atoms with Crippen molar-refractivity contribution < 1.29 is 28.6 Å². The molecule has 0 aliphatic heterocycles. The molecule has 0 fully saturated rings. The molecule has 0 aliphatic carbocycles. The van der Waals surface area contributed by atoms with Crippen molar-refractivity contribution in [1.29, 1.82) is 0 Å². The van der Waals surface area contributed by atoms with Crippen LogP contribution in [0, 0.1) is 6.92 Å². The fourth-order valence-electron chi connectivity index (χ4n) is 4.85. The van der Waals surface area contributed by atoms with Crippen LogP contribution in [-0.2, 0) is 27.8 Å². The molecule has 9 heteroatoms. The van der Waals surface area contributed by atoms with Crippen LogP contribution >= 0.6 is 0 Å². The SMILES string of the molecule is Cc1c(CC(=O)N[C@@H](Cc2c[nH]c3ccc(O)cc23)C(=O)[O-])c(=O)oc2cc3occ(C(C)(C)C)c3cc12. The highest BCUT2D eigenvalue weighted by molar-refractivity contribution is 5.97. The van der Waals surface area contributed by atoms with Gasteiger partial charge in [-0.1, -0.05) is 20.8 Å². The van der Waals surface area contributed by atoms with Crippen molar-refractivity contribution in [3.8, 4) is 5.75 Å². The maximum atomic E-state index is 12.9. The van der Waals surface area contributed by atoms with E-state index in [-0.39, 0.29) is 29.6 Å². The Kier molecular flexibility index (Phi) is 6.01. The zero-order chi connectivity index (χ0) is 27.4. The van der Waals surface area contributed by atoms with Crippen molar-refractivity contribution >= 4 is 44.7 Å². The summed E-state index contributed by atoms with van der Waals surface area (Å²) in [6.07, 6.45) is 2.88. The summed E-state index contributed by atoms with van der Waals surface area (Å²) in [5.74, 6) is -2.09. The van der Waals surface area contributed by atoms with Crippen LogP contribution in [0.2, 0.25) is 0 Å². The highest BCUT2D eigenvalue weighted by Gasteiger charge is 2.23. The number of aryl methyl sites for hydroxylation is 1. The minimum atomic E-state index is -1.47. The first-order valence-electron chi connectivity index (χ1n) is 12.2. The number of carboxylic acids is 1. The molecule has 3 N–H and O–H groups in total. The molecule has 9 nitrogen and oxygen atoms in total. The van der Waals surface area contributed by atoms with Gasteiger partial charge in [0.05, 0.1) is 30.3 Å². The van der Waals surface area contributed by atoms with E-state index in [0.29, 0.717) is 38.6 Å². The Hall–Kier alpha value is -4.53. The zero-order valence-corrected chi connectivity index (χ0v) is 21.4. The van der Waals surface area contributed by atoms with E-state index in [0.717, 1.165) is 10.9 Å². The van der Waals surface area contributed by atoms with Gasteiger partial charge in [-0.2, -0.15) is 0 Å². The summed E-state index contributed by atoms with van der Waals surface area (Å²) in [6, 6.07) is 6.91. The van der Waals surface area contributed by atoms with Gasteiger partial charge in [-0.05, 0) is 47.7 Å². The van der Waals surface area contributed by atoms with Gasteiger partial charge in [0.15, 0.2) is 0 Å². The molecule has 196 valence electrons. The second-order valence-electron chi connectivity index (χ2n) is 10.6. The summed E-state index contributed by atoms with van der Waals surface area (Å²) in [5.41, 5.74) is 3.11. The van der Waals surface area contributed by atoms with Gasteiger partial charge >= 0.3 is 5.63 Å². The van der Waals surface area contributed by atoms with Crippen molar-refractivity contribution in [3.63, 3.8) is 0 Å². The molecule has 0 bridgehead atoms. The third kappa shape index (κ3) is 4.51. The van der Waals surface area contributed by atoms with Crippen LogP contribution in [0.1, 0.15) is 43.0 Å². The minimum Gasteiger partial charge on any atom is -0.548 e. The summed E-state index contributed by atoms with van der Waals surface area (Å²) in [7, 11) is 0. The lowest BCUT2D eigenvalue weighted by Gasteiger charge is -2.20. The monoisotopic (exact) mass is 515 g/mol. The van der Waals surface area contributed by atoms with Gasteiger partial charge in [-0.25, -0.2) is 4.79 Å². The van der Waals surface area contributed by atoms with Gasteiger partial charge in [0.1, 0.15) is 16.9 Å². The minimum absolute atomic E-state index is 0.0354. The number of carbonyl (C=O) groups is 2. The van der Waals surface area contributed by atoms with Crippen molar-refractivity contribution in [3.05, 3.63) is 75.5 Å². The number of aromatic amines is 1. The summed E-state index contributed by atoms with van der Waals surface area (Å²) in [4.78, 5) is 40.6. The topological polar surface area (TPSA) is 149 Å². The Morgan fingerprint density at radius 2 is 1.87 bits per heavy atom. The summed E-state index contributed by atoms with van der Waals surface area (Å²) < 4.78 is 11.2. The van der Waals surface area contributed by atoms with Crippen LogP contribution in [0.5, 0.6) is 5.75 Å². The number of furan rings is 1. The number of fused-ring (bicyclic) bond motifs is 3. The van der Waals surface area contributed by atoms with Crippen molar-refractivity contribution in [2.75, 3.05) is 0 Å². The number of phenols is 1. The number of aromatic hydroxyl groups is 1. The zero-order valence-electron chi connectivity index (χ0n) is 21.4. The summed E-state index contributed by atoms with van der Waals surface area (Å²) in [5, 5.41) is 26.3. The highest BCUT2D eigenvalue weighted by atomic mass is 16.4. The quantitative estimate of drug-likeness (QED) is 0.294. The predicted molar refractivity (Wildman–Crippen MR) is 140 cm³/mol. The van der Waals surface area contributed by atoms with Gasteiger partial charge in [0.2, 0.25) is 5.91 Å². The number of carbonyl (C=O) groups excluding carboxylic acids is 2. The van der Waals surface area contributed by atoms with Gasteiger partial charge in [-0.15, -0.1) is 0 Å². The number of hydrogen-bond donors (Lipinski definition) is 3. The molecule has 1 atom stereocenters. The molecule has 0 unspecified atom stereocenters. The standard InChI is InChI=1S/C29H28N2O7/c1-14-17-9-20-21(29(2,3)4)13-37-24(20)11-25(17)38-28(36)18(14)10-26(33)31-23(27(34)35)7-15-12-30-22-6-5-16(32)8-19(15)22/h5-6,8-9,11-13,23,30,32H,7,10H2,1-4H3,(H,31,33)(H,34,35)/p-1/t23-/m0/s1. The Bertz CT molecular complexity index is 1780. The molecular formula is C29H27N2O7-. The first-order chi connectivity index (χ1) is 17.9. The predicted octanol–water partition coefficient (Wildman–Crippen LogP) is 3.35. The van der Waals surface area contributed by atoms with E-state index in [1.165, 1.54) is 12.1 Å². The van der Waals surface area contributed by atoms with Crippen molar-refractivity contribution in [2.24, 2.45) is 0 Å². The number of amides is 1. The van der Waals surface area contributed by atoms with E-state index >= 15 is 0 Å². The second-order valence-corrected chi connectivity index (χ2v) is 10.6. The third-order valence-electron chi connectivity index (χ3n) is 6.92. The van der Waals surface area contributed by atoms with E-state index in [4.69, 9.17) is 8.83 Å². The summed E-state index contributed by atoms with van der Waals surface area (Å²) >= 11 is 0. The Labute approximate surface area is 217 Å². The van der Waals surface area contributed by atoms with Crippen LogP contribution < -0.4 is 16.0 Å². The number of hydrogen-bond acceptors (Lipinski definition) is 7. The molecule has 5 rings (SSSR count). The lowest BCUT2D eigenvalue weighted by molar-refractivity contribution is -0.308. The second kappa shape index (κ2) is 9.09. The number of rotatable bonds is 6. The number of carboxylic acid groups (broad SMARTS) is 1. The number of benzene rings is 2. The number of H-pyrrole nitrogens is 1. The fraction of sp³-hybridized carbons (Fsp3) is 0.276. The van der Waals surface area contributed by atoms with E-state index in [1.807, 2.05) is 6.07 Å². The molecule has 0 aliphatic rings. The van der Waals surface area contributed by atoms with Gasteiger partial charge in [-0.3, -0.25) is 4.79 Å². The fourth-order valence-corrected chi connectivity index (χ4v) is 4.85. The molecular weight excluding hydrogens is 488 g/mol. The molecule has 5 aromatic rings. The number of phenolic OH excluding ortho intramolecular Hbond substituents is 1. The normalized spacial score (nSPS) is 12.8. The van der Waals surface area contributed by atoms with Crippen LogP contribution in [0.3, 0.4) is 0 Å². The maximum absolute atomic E-state index is 12.9. The third-order valence-corrected chi connectivity index (χ3v) is 6.92. The number of aromatic nitrogens is 1. The van der Waals surface area contributed by atoms with Crippen LogP contribution in [0.15, 0.2) is 56.4 Å². The Morgan fingerprint density at radius 3 is 2.58 bits per heavy atom. The molecule has 1 amide bonds. The van der Waals surface area contributed by atoms with E-state index in [2.05, 4.69) is 31.1 Å². The first-order valence-corrected chi connectivity index (χ1v) is 12.2. The molecule has 0 spiro atoms. The van der Waals surface area contributed by atoms with Crippen LogP contribution in [0.25, 0.3) is 32.8 Å². The Balaban J connectivity index is 1.43. The molecule has 3 aromatic heterocycles. The van der Waals surface area contributed by atoms with Crippen LogP contribution in [-0.4, -0.2) is 28.0 Å². The summed E-state index contributed by atoms with van der Waals surface area (Å²) in [6.45, 7) is 7.95. The van der Waals surface area contributed by atoms with E-state index in [1.54, 1.807) is 31.5 Å². The molecule has 3 heterocycles. The molecule has 0 saturated heterocycles. The Morgan fingerprint density at radius 1 is 1.11 bits per heavy atom. The van der Waals surface area contributed by atoms with Crippen molar-refractivity contribution in [2.45, 2.75) is 52.0 Å². The van der Waals surface area contributed by atoms with Crippen LogP contribution in [0.4, 0.5) is 0 Å². The van der Waals surface area contributed by atoms with Gasteiger partial charge in [0.25, 0.3) is 0 Å². The van der Waals surface area contributed by atoms with E-state index in [9.17, 15) is 24.6 Å². The first kappa shape index (κ1) is 25.1. The lowest BCUT2D eigenvalue weighted by atomic mass is 9.86. The lowest BCUT2D eigenvalue weighted by Crippen LogP contribution is -2.49. The van der Waals surface area contributed by atoms with E-state index < -0.39 is 23.5 Å². The molecule has 0 radical (unpaired) electrons. The smallest absolute Gasteiger partial charge is 0.340 e. The largest absolute Gasteiger partial charge is 0.548 e. The maximum Gasteiger partial charge on any atom is 0.340 e. The number of nitrogens with one attached hydrogen (secondary N) is 2. The average molecular weight is 516 g/mol. The van der Waals surface area contributed by atoms with Gasteiger partial charge < -0.3 is 34.1 Å². The number of aliphatic carboxylic acids is 1. The molecule has 0 saturated carbocycles. The highest BCUT2D eigenvalue weighted by Crippen LogP contribution is 2.35. The molecule has 38 heavy (non-hydrogen) atoms. The van der Waals surface area contributed by atoms with Crippen molar-refractivity contribution in [1.82, 2.24) is 10.3 Å². The average Bonchev–Trinajstić information content (AvgIpc) is 3.43. The van der Waals surface area contributed by atoms with Gasteiger partial charge in [0, 0.05) is 45.9 Å². The molecule has 2 aromatic carbocycles.